The van der Waals surface area contributed by atoms with Gasteiger partial charge in [-0.15, -0.1) is 0 Å². The first-order valence-corrected chi connectivity index (χ1v) is 22.8. The second kappa shape index (κ2) is 36.3. The number of rotatable bonds is 38. The molecular weight excluding hydrogens is 717 g/mol. The van der Waals surface area contributed by atoms with Gasteiger partial charge in [0.15, 0.2) is 6.10 Å². The van der Waals surface area contributed by atoms with Crippen LogP contribution < -0.4 is 4.89 Å². The van der Waals surface area contributed by atoms with Crippen molar-refractivity contribution in [1.29, 1.82) is 0 Å². The molecule has 0 fully saturated rings. The summed E-state index contributed by atoms with van der Waals surface area (Å²) in [5.41, 5.74) is 0. The number of unbranched alkanes of at least 4 members (excludes halogenated alkanes) is 14. The Bertz CT molecular complexity index is 1100. The molecule has 0 spiro atoms. The second-order valence-corrected chi connectivity index (χ2v) is 17.1. The predicted octanol–water partition coefficient (Wildman–Crippen LogP) is 10.2. The molecule has 0 aliphatic rings. The molecule has 10 nitrogen and oxygen atoms in total. The van der Waals surface area contributed by atoms with Crippen molar-refractivity contribution in [3.05, 3.63) is 48.6 Å². The highest BCUT2D eigenvalue weighted by atomic mass is 31.2. The van der Waals surface area contributed by atoms with Crippen LogP contribution in [0.3, 0.4) is 0 Å². The van der Waals surface area contributed by atoms with Crippen LogP contribution in [0.2, 0.25) is 0 Å². The van der Waals surface area contributed by atoms with Crippen LogP contribution in [0.4, 0.5) is 0 Å². The van der Waals surface area contributed by atoms with Crippen LogP contribution in [-0.2, 0) is 32.7 Å². The lowest BCUT2D eigenvalue weighted by atomic mass is 10.0. The molecule has 11 heteroatoms. The van der Waals surface area contributed by atoms with Crippen molar-refractivity contribution in [3.63, 3.8) is 0 Å². The number of aliphatic hydroxyl groups excluding tert-OH is 1. The molecule has 0 bridgehead atoms. The van der Waals surface area contributed by atoms with Crippen molar-refractivity contribution in [2.45, 2.75) is 174 Å². The number of carbonyl (C=O) groups is 2. The highest BCUT2D eigenvalue weighted by Gasteiger charge is 2.21. The highest BCUT2D eigenvalue weighted by molar-refractivity contribution is 7.45. The lowest BCUT2D eigenvalue weighted by molar-refractivity contribution is -0.870. The SMILES string of the molecule is CCCCCCCCCCCCCCCC(=O)OC[C@H](COP(=O)([O-])OCC[N+](C)(C)C)OC(=O)CCC/C=C\C/C=C\C/C=C\C/C=C\CCC[C@H](C)O. The lowest BCUT2D eigenvalue weighted by Crippen LogP contribution is -2.37. The molecule has 0 saturated heterocycles. The van der Waals surface area contributed by atoms with Crippen LogP contribution in [0.5, 0.6) is 0 Å². The zero-order valence-electron chi connectivity index (χ0n) is 35.5. The third-order valence-electron chi connectivity index (χ3n) is 8.87. The lowest BCUT2D eigenvalue weighted by Gasteiger charge is -2.28. The third kappa shape index (κ3) is 41.4. The van der Waals surface area contributed by atoms with Crippen molar-refractivity contribution in [1.82, 2.24) is 0 Å². The van der Waals surface area contributed by atoms with Gasteiger partial charge in [0, 0.05) is 12.8 Å². The molecule has 3 atom stereocenters. The second-order valence-electron chi connectivity index (χ2n) is 15.6. The van der Waals surface area contributed by atoms with Crippen LogP contribution in [0.25, 0.3) is 0 Å². The van der Waals surface area contributed by atoms with E-state index in [4.69, 9.17) is 18.5 Å². The summed E-state index contributed by atoms with van der Waals surface area (Å²) in [6.07, 6.45) is 38.5. The average Bonchev–Trinajstić information content (AvgIpc) is 3.11. The molecule has 55 heavy (non-hydrogen) atoms. The summed E-state index contributed by atoms with van der Waals surface area (Å²) >= 11 is 0. The first-order valence-electron chi connectivity index (χ1n) is 21.4. The average molecular weight is 798 g/mol. The minimum Gasteiger partial charge on any atom is -0.756 e. The number of hydrogen-bond donors (Lipinski definition) is 1. The molecule has 0 aromatic carbocycles. The van der Waals surface area contributed by atoms with Gasteiger partial charge < -0.3 is 33.0 Å². The molecule has 0 aliphatic carbocycles. The Labute approximate surface area is 336 Å². The molecule has 1 N–H and O–H groups in total. The van der Waals surface area contributed by atoms with Crippen LogP contribution in [-0.4, -0.2) is 81.2 Å². The Morgan fingerprint density at radius 1 is 0.655 bits per heavy atom. The van der Waals surface area contributed by atoms with Gasteiger partial charge in [-0.25, -0.2) is 0 Å². The van der Waals surface area contributed by atoms with Gasteiger partial charge in [0.25, 0.3) is 7.82 Å². The van der Waals surface area contributed by atoms with Crippen LogP contribution in [0.1, 0.15) is 162 Å². The highest BCUT2D eigenvalue weighted by Crippen LogP contribution is 2.38. The minimum absolute atomic E-state index is 0.0473. The maximum Gasteiger partial charge on any atom is 0.306 e. The quantitative estimate of drug-likeness (QED) is 0.0213. The van der Waals surface area contributed by atoms with Gasteiger partial charge in [-0.1, -0.05) is 133 Å². The Balaban J connectivity index is 4.48. The van der Waals surface area contributed by atoms with E-state index in [2.05, 4.69) is 49.5 Å². The van der Waals surface area contributed by atoms with Crippen molar-refractivity contribution in [3.8, 4) is 0 Å². The molecule has 0 saturated carbocycles. The molecule has 1 unspecified atom stereocenters. The fraction of sp³-hybridized carbons (Fsp3) is 0.773. The monoisotopic (exact) mass is 798 g/mol. The van der Waals surface area contributed by atoms with E-state index in [9.17, 15) is 24.2 Å². The van der Waals surface area contributed by atoms with Crippen LogP contribution in [0.15, 0.2) is 48.6 Å². The number of phosphoric ester groups is 1. The largest absolute Gasteiger partial charge is 0.756 e. The number of nitrogens with zero attached hydrogens (tertiary/aromatic N) is 1. The predicted molar refractivity (Wildman–Crippen MR) is 223 cm³/mol. The number of carbonyl (C=O) groups excluding carboxylic acids is 2. The minimum atomic E-state index is -4.64. The van der Waals surface area contributed by atoms with E-state index in [1.807, 2.05) is 34.1 Å². The van der Waals surface area contributed by atoms with E-state index >= 15 is 0 Å². The van der Waals surface area contributed by atoms with Crippen molar-refractivity contribution >= 4 is 19.8 Å². The van der Waals surface area contributed by atoms with Crippen LogP contribution in [0, 0.1) is 0 Å². The summed E-state index contributed by atoms with van der Waals surface area (Å²) in [6, 6.07) is 0. The number of allylic oxidation sites excluding steroid dienone is 8. The van der Waals surface area contributed by atoms with E-state index in [0.29, 0.717) is 23.9 Å². The number of esters is 2. The first-order chi connectivity index (χ1) is 26.3. The van der Waals surface area contributed by atoms with Crippen molar-refractivity contribution in [2.24, 2.45) is 0 Å². The molecule has 0 aliphatic heterocycles. The summed E-state index contributed by atoms with van der Waals surface area (Å²) in [5.74, 6) is -0.917. The summed E-state index contributed by atoms with van der Waals surface area (Å²) < 4.78 is 33.8. The number of phosphoric acid groups is 1. The topological polar surface area (TPSA) is 131 Å². The molecule has 0 aromatic rings. The number of hydrogen-bond acceptors (Lipinski definition) is 9. The fourth-order valence-corrected chi connectivity index (χ4v) is 6.22. The summed E-state index contributed by atoms with van der Waals surface area (Å²) in [4.78, 5) is 37.4. The molecule has 0 heterocycles. The summed E-state index contributed by atoms with van der Waals surface area (Å²) in [5, 5.41) is 9.27. The van der Waals surface area contributed by atoms with Gasteiger partial charge in [0.2, 0.25) is 0 Å². The number of aliphatic hydroxyl groups is 1. The normalized spacial score (nSPS) is 14.7. The molecule has 0 amide bonds. The fourth-order valence-electron chi connectivity index (χ4n) is 5.49. The Kier molecular flexibility index (Phi) is 34.9. The van der Waals surface area contributed by atoms with Gasteiger partial charge in [-0.2, -0.15) is 0 Å². The number of quaternary nitrogens is 1. The molecule has 0 radical (unpaired) electrons. The molecule has 320 valence electrons. The van der Waals surface area contributed by atoms with Gasteiger partial charge in [0.1, 0.15) is 19.8 Å². The van der Waals surface area contributed by atoms with Crippen molar-refractivity contribution < 1.29 is 47.2 Å². The first kappa shape index (κ1) is 52.9. The molecule has 0 rings (SSSR count). The Morgan fingerprint density at radius 3 is 1.64 bits per heavy atom. The Hall–Kier alpha value is -2.07. The van der Waals surface area contributed by atoms with Gasteiger partial charge in [-0.05, 0) is 64.7 Å². The molecule has 0 aromatic heterocycles. The third-order valence-corrected chi connectivity index (χ3v) is 9.83. The van der Waals surface area contributed by atoms with E-state index in [0.717, 1.165) is 57.8 Å². The van der Waals surface area contributed by atoms with E-state index in [-0.39, 0.29) is 32.2 Å². The summed E-state index contributed by atoms with van der Waals surface area (Å²) in [6.45, 7) is 3.69. The Morgan fingerprint density at radius 2 is 1.13 bits per heavy atom. The maximum atomic E-state index is 12.6. The van der Waals surface area contributed by atoms with Crippen LogP contribution >= 0.6 is 7.82 Å². The molecular formula is C44H80NO9P. The standard InChI is InChI=1S/C44H80NO9P/c1-6-7-8-9-10-11-12-16-20-23-26-29-32-35-43(47)51-39-42(40-53-55(49,50)52-38-37-45(3,4)5)54-44(48)36-33-30-27-24-21-18-15-13-14-17-19-22-25-28-31-34-41(2)46/h14-15,17-18,22,24-25,27,41-42,46H,6-13,16,19-21,23,26,28-40H2,1-5H3/b17-14-,18-15-,25-22-,27-24-/t41-,42+/m0/s1. The van der Waals surface area contributed by atoms with E-state index < -0.39 is 32.5 Å². The van der Waals surface area contributed by atoms with Gasteiger partial charge in [0.05, 0.1) is 33.9 Å². The van der Waals surface area contributed by atoms with Gasteiger partial charge in [-0.3, -0.25) is 14.2 Å². The van der Waals surface area contributed by atoms with E-state index in [1.165, 1.54) is 64.2 Å². The smallest absolute Gasteiger partial charge is 0.306 e. The van der Waals surface area contributed by atoms with Gasteiger partial charge >= 0.3 is 11.9 Å². The van der Waals surface area contributed by atoms with E-state index in [1.54, 1.807) is 0 Å². The van der Waals surface area contributed by atoms with Crippen molar-refractivity contribution in [2.75, 3.05) is 47.5 Å². The zero-order chi connectivity index (χ0) is 40.9. The summed E-state index contributed by atoms with van der Waals surface area (Å²) in [7, 11) is 1.11. The maximum absolute atomic E-state index is 12.6. The number of likely N-dealkylation sites (N-methyl/N-ethyl adjacent to an activating group) is 1. The zero-order valence-corrected chi connectivity index (χ0v) is 36.4. The number of ether oxygens (including phenoxy) is 2.